The maximum Gasteiger partial charge on any atom is 0.328 e. The lowest BCUT2D eigenvalue weighted by atomic mass is 10.3. The summed E-state index contributed by atoms with van der Waals surface area (Å²) in [5.41, 5.74) is 0.372. The molecular formula is C15H19N4O4S2+. The van der Waals surface area contributed by atoms with E-state index in [-0.39, 0.29) is 23.3 Å². The lowest BCUT2D eigenvalue weighted by Gasteiger charge is -2.14. The molecule has 0 radical (unpaired) electrons. The molecule has 0 aromatic heterocycles. The van der Waals surface area contributed by atoms with Crippen LogP contribution in [0.4, 0.5) is 5.69 Å². The van der Waals surface area contributed by atoms with Crippen molar-refractivity contribution in [2.75, 3.05) is 30.0 Å². The molecule has 2 aliphatic rings. The van der Waals surface area contributed by atoms with Gasteiger partial charge < -0.3 is 10.2 Å². The monoisotopic (exact) mass is 383 g/mol. The van der Waals surface area contributed by atoms with Crippen LogP contribution < -0.4 is 15.0 Å². The van der Waals surface area contributed by atoms with E-state index in [1.165, 1.54) is 28.8 Å². The molecular weight excluding hydrogens is 364 g/mol. The topological polar surface area (TPSA) is 110 Å². The summed E-state index contributed by atoms with van der Waals surface area (Å²) in [4.78, 5) is 28.1. The first-order valence-corrected chi connectivity index (χ1v) is 10.5. The number of nitrogens with zero attached hydrogens (tertiary/aromatic N) is 1. The molecule has 0 spiro atoms. The molecule has 3 rings (SSSR count). The van der Waals surface area contributed by atoms with E-state index in [2.05, 4.69) is 15.0 Å². The van der Waals surface area contributed by atoms with Crippen molar-refractivity contribution < 1.29 is 23.0 Å². The lowest BCUT2D eigenvalue weighted by Crippen LogP contribution is -2.72. The van der Waals surface area contributed by atoms with Crippen LogP contribution in [0.3, 0.4) is 0 Å². The van der Waals surface area contributed by atoms with Gasteiger partial charge in [-0.2, -0.15) is 13.1 Å². The van der Waals surface area contributed by atoms with Crippen LogP contribution >= 0.6 is 11.8 Å². The van der Waals surface area contributed by atoms with Crippen molar-refractivity contribution in [2.24, 2.45) is 0 Å². The Morgan fingerprint density at radius 3 is 2.88 bits per heavy atom. The van der Waals surface area contributed by atoms with E-state index in [4.69, 9.17) is 0 Å². The lowest BCUT2D eigenvalue weighted by molar-refractivity contribution is -0.448. The highest BCUT2D eigenvalue weighted by Crippen LogP contribution is 2.17. The normalized spacial score (nSPS) is 17.5. The number of amidine groups is 1. The van der Waals surface area contributed by atoms with E-state index < -0.39 is 10.0 Å². The van der Waals surface area contributed by atoms with Gasteiger partial charge in [0.05, 0.1) is 24.6 Å². The maximum absolute atomic E-state index is 12.4. The largest absolute Gasteiger partial charge is 0.328 e. The maximum atomic E-state index is 12.4. The summed E-state index contributed by atoms with van der Waals surface area (Å²) in [5.74, 6) is 1.04. The first-order chi connectivity index (χ1) is 11.9. The molecule has 2 amide bonds. The Balaban J connectivity index is 1.66. The summed E-state index contributed by atoms with van der Waals surface area (Å²) in [7, 11) is -3.70. The van der Waals surface area contributed by atoms with Gasteiger partial charge in [0.1, 0.15) is 11.4 Å². The van der Waals surface area contributed by atoms with E-state index in [1.54, 1.807) is 12.1 Å². The molecule has 1 fully saturated rings. The molecule has 0 aliphatic carbocycles. The van der Waals surface area contributed by atoms with E-state index in [1.807, 2.05) is 0 Å². The third-order valence-electron chi connectivity index (χ3n) is 3.79. The van der Waals surface area contributed by atoms with Crippen LogP contribution in [-0.2, 0) is 19.6 Å². The summed E-state index contributed by atoms with van der Waals surface area (Å²) in [6.45, 7) is 0.713. The summed E-state index contributed by atoms with van der Waals surface area (Å²) in [5, 5.41) is 2.64. The van der Waals surface area contributed by atoms with Crippen LogP contribution in [0.25, 0.3) is 0 Å². The second kappa shape index (κ2) is 7.44. The van der Waals surface area contributed by atoms with Gasteiger partial charge in [0.2, 0.25) is 11.8 Å². The Hall–Kier alpha value is -2.07. The second-order valence-corrected chi connectivity index (χ2v) is 8.40. The first kappa shape index (κ1) is 17.7. The number of hydrogen-bond donors (Lipinski definition) is 3. The molecule has 0 atom stereocenters. The van der Waals surface area contributed by atoms with E-state index >= 15 is 0 Å². The molecule has 0 saturated carbocycles. The first-order valence-electron chi connectivity index (χ1n) is 7.82. The molecule has 0 unspecified atom stereocenters. The second-order valence-electron chi connectivity index (χ2n) is 5.76. The number of benzene rings is 1. The summed E-state index contributed by atoms with van der Waals surface area (Å²) >= 11 is 1.46. The fourth-order valence-electron chi connectivity index (χ4n) is 2.56. The van der Waals surface area contributed by atoms with E-state index in [0.717, 1.165) is 13.0 Å². The highest BCUT2D eigenvalue weighted by molar-refractivity contribution is 8.00. The molecule has 2 heterocycles. The van der Waals surface area contributed by atoms with E-state index in [0.29, 0.717) is 29.6 Å². The molecule has 1 aromatic carbocycles. The van der Waals surface area contributed by atoms with Gasteiger partial charge in [-0.05, 0) is 24.6 Å². The van der Waals surface area contributed by atoms with Gasteiger partial charge in [-0.15, -0.1) is 11.8 Å². The van der Waals surface area contributed by atoms with Crippen molar-refractivity contribution in [3.63, 3.8) is 0 Å². The van der Waals surface area contributed by atoms with Gasteiger partial charge in [-0.25, -0.2) is 0 Å². The van der Waals surface area contributed by atoms with Crippen molar-refractivity contribution in [3.05, 3.63) is 24.3 Å². The van der Waals surface area contributed by atoms with Gasteiger partial charge in [0.25, 0.3) is 5.84 Å². The van der Waals surface area contributed by atoms with Crippen LogP contribution in [0.5, 0.6) is 0 Å². The summed E-state index contributed by atoms with van der Waals surface area (Å²) in [6.07, 6.45) is 1.55. The third kappa shape index (κ3) is 4.51. The molecule has 3 N–H and O–H groups in total. The van der Waals surface area contributed by atoms with Crippen molar-refractivity contribution >= 4 is 45.1 Å². The number of thioether (sulfide) groups is 1. The van der Waals surface area contributed by atoms with Crippen molar-refractivity contribution in [2.45, 2.75) is 17.7 Å². The van der Waals surface area contributed by atoms with Crippen LogP contribution in [0.15, 0.2) is 29.2 Å². The minimum Gasteiger partial charge on any atom is -0.325 e. The van der Waals surface area contributed by atoms with Crippen LogP contribution in [-0.4, -0.2) is 55.7 Å². The SMILES string of the molecule is O=C(CN1CSCC1=O)Nc1cccc(S(=O)(=O)NC2=[NH+]CCC2)c1. The quantitative estimate of drug-likeness (QED) is 0.586. The number of anilines is 1. The average Bonchev–Trinajstić information content (AvgIpc) is 3.20. The number of carbonyl (C=O) groups is 2. The number of nitrogens with one attached hydrogen (secondary N) is 3. The minimum absolute atomic E-state index is 0.0388. The average molecular weight is 383 g/mol. The van der Waals surface area contributed by atoms with Crippen molar-refractivity contribution in [3.8, 4) is 0 Å². The van der Waals surface area contributed by atoms with Crippen molar-refractivity contribution in [1.29, 1.82) is 0 Å². The predicted molar refractivity (Wildman–Crippen MR) is 94.5 cm³/mol. The van der Waals surface area contributed by atoms with Crippen molar-refractivity contribution in [1.82, 2.24) is 9.62 Å². The zero-order chi connectivity index (χ0) is 17.9. The van der Waals surface area contributed by atoms with Crippen LogP contribution in [0.2, 0.25) is 0 Å². The number of carbonyl (C=O) groups excluding carboxylic acids is 2. The van der Waals surface area contributed by atoms with E-state index in [9.17, 15) is 18.0 Å². The van der Waals surface area contributed by atoms with Gasteiger partial charge in [0, 0.05) is 5.69 Å². The number of sulfonamides is 1. The molecule has 134 valence electrons. The van der Waals surface area contributed by atoms with Gasteiger partial charge in [-0.3, -0.25) is 14.6 Å². The fraction of sp³-hybridized carbons (Fsp3) is 0.400. The van der Waals surface area contributed by atoms with Gasteiger partial charge >= 0.3 is 10.0 Å². The zero-order valence-electron chi connectivity index (χ0n) is 13.4. The minimum atomic E-state index is -3.70. The van der Waals surface area contributed by atoms with Gasteiger partial charge in [0.15, 0.2) is 0 Å². The summed E-state index contributed by atoms with van der Waals surface area (Å²) in [6, 6.07) is 6.04. The third-order valence-corrected chi connectivity index (χ3v) is 6.12. The molecule has 2 aliphatic heterocycles. The molecule has 1 saturated heterocycles. The highest BCUT2D eigenvalue weighted by atomic mass is 32.2. The molecule has 1 aromatic rings. The Morgan fingerprint density at radius 2 is 2.20 bits per heavy atom. The Morgan fingerprint density at radius 1 is 1.36 bits per heavy atom. The van der Waals surface area contributed by atoms with Crippen LogP contribution in [0, 0.1) is 0 Å². The molecule has 25 heavy (non-hydrogen) atoms. The zero-order valence-corrected chi connectivity index (χ0v) is 15.1. The summed E-state index contributed by atoms with van der Waals surface area (Å²) < 4.78 is 27.3. The predicted octanol–water partition coefficient (Wildman–Crippen LogP) is -1.29. The smallest absolute Gasteiger partial charge is 0.325 e. The fourth-order valence-corrected chi connectivity index (χ4v) is 4.62. The standard InChI is InChI=1S/C15H18N4O4S2/c20-14(8-19-10-24-9-15(19)21)17-11-3-1-4-12(7-11)25(22,23)18-13-5-2-6-16-13/h1,3-4,7H,2,5-6,8-10H2,(H,16,18)(H,17,20)/p+1. The molecule has 8 nitrogen and oxygen atoms in total. The Labute approximate surface area is 150 Å². The highest BCUT2D eigenvalue weighted by Gasteiger charge is 2.25. The van der Waals surface area contributed by atoms with Gasteiger partial charge in [-0.1, -0.05) is 6.07 Å². The number of amides is 2. The van der Waals surface area contributed by atoms with Crippen LogP contribution in [0.1, 0.15) is 12.8 Å². The molecule has 0 bridgehead atoms. The Kier molecular flexibility index (Phi) is 5.28. The number of hydrogen-bond acceptors (Lipinski definition) is 5. The molecule has 10 heteroatoms. The Bertz CT molecular complexity index is 823. The number of rotatable bonds is 5.